The van der Waals surface area contributed by atoms with E-state index in [1.807, 2.05) is 12.4 Å². The summed E-state index contributed by atoms with van der Waals surface area (Å²) in [7, 11) is 0. The molecule has 1 aromatic carbocycles. The van der Waals surface area contributed by atoms with Gasteiger partial charge in [-0.05, 0) is 30.5 Å². The van der Waals surface area contributed by atoms with Gasteiger partial charge in [-0.2, -0.15) is 5.26 Å². The summed E-state index contributed by atoms with van der Waals surface area (Å²) in [5, 5.41) is 14.2. The largest absolute Gasteiger partial charge is 0.492 e. The number of ether oxygens (including phenoxy) is 1. The van der Waals surface area contributed by atoms with Crippen molar-refractivity contribution >= 4 is 28.5 Å². The lowest BCUT2D eigenvalue weighted by Crippen LogP contribution is -2.25. The number of hydrogen-bond acceptors (Lipinski definition) is 5. The molecule has 1 amide bonds. The van der Waals surface area contributed by atoms with E-state index in [0.29, 0.717) is 24.1 Å². The average molecular weight is 292 g/mol. The van der Waals surface area contributed by atoms with Crippen LogP contribution in [0.2, 0.25) is 0 Å². The minimum Gasteiger partial charge on any atom is -0.492 e. The lowest BCUT2D eigenvalue weighted by molar-refractivity contribution is -0.119. The van der Waals surface area contributed by atoms with Crippen molar-refractivity contribution in [1.82, 2.24) is 10.6 Å². The number of nitriles is 1. The highest BCUT2D eigenvalue weighted by atomic mass is 32.2. The van der Waals surface area contributed by atoms with Gasteiger partial charge in [0.1, 0.15) is 12.4 Å². The first kappa shape index (κ1) is 15.9. The highest BCUT2D eigenvalue weighted by Gasteiger charge is 1.98. The molecule has 0 aromatic heterocycles. The molecule has 0 unspecified atom stereocenters. The molecule has 1 rings (SSSR count). The molecular formula is C13H16N4O2S. The first-order valence-corrected chi connectivity index (χ1v) is 7.13. The number of aliphatic imine (C=N–C) groups is 1. The number of hydrogen-bond donors (Lipinski definition) is 2. The third-order valence-electron chi connectivity index (χ3n) is 2.17. The van der Waals surface area contributed by atoms with Gasteiger partial charge in [0, 0.05) is 6.92 Å². The quantitative estimate of drug-likeness (QED) is 0.283. The van der Waals surface area contributed by atoms with Gasteiger partial charge < -0.3 is 10.1 Å². The van der Waals surface area contributed by atoms with Crippen LogP contribution in [0.4, 0.5) is 5.69 Å². The van der Waals surface area contributed by atoms with E-state index in [1.165, 1.54) is 18.7 Å². The van der Waals surface area contributed by atoms with Crippen LogP contribution in [-0.4, -0.2) is 30.5 Å². The zero-order chi connectivity index (χ0) is 14.8. The Labute approximate surface area is 122 Å². The Bertz CT molecular complexity index is 508. The highest BCUT2D eigenvalue weighted by molar-refractivity contribution is 8.13. The first-order chi connectivity index (χ1) is 9.65. The van der Waals surface area contributed by atoms with Crippen LogP contribution < -0.4 is 15.4 Å². The predicted molar refractivity (Wildman–Crippen MR) is 80.0 cm³/mol. The molecule has 0 fully saturated rings. The molecular weight excluding hydrogens is 276 g/mol. The van der Waals surface area contributed by atoms with Gasteiger partial charge in [0.2, 0.25) is 5.91 Å². The van der Waals surface area contributed by atoms with Crippen molar-refractivity contribution in [3.05, 3.63) is 24.3 Å². The zero-order valence-electron chi connectivity index (χ0n) is 11.3. The fraction of sp³-hybridized carbons (Fsp3) is 0.308. The zero-order valence-corrected chi connectivity index (χ0v) is 12.2. The summed E-state index contributed by atoms with van der Waals surface area (Å²) in [5.74, 6) is 0.626. The molecule has 106 valence electrons. The second-order valence-electron chi connectivity index (χ2n) is 3.68. The monoisotopic (exact) mass is 292 g/mol. The van der Waals surface area contributed by atoms with Gasteiger partial charge in [0.25, 0.3) is 0 Å². The molecule has 0 aliphatic rings. The van der Waals surface area contributed by atoms with Gasteiger partial charge in [-0.25, -0.2) is 4.99 Å². The summed E-state index contributed by atoms with van der Waals surface area (Å²) >= 11 is 1.36. The molecule has 0 spiro atoms. The minimum absolute atomic E-state index is 0.0760. The van der Waals surface area contributed by atoms with Crippen molar-refractivity contribution in [3.63, 3.8) is 0 Å². The number of benzene rings is 1. The van der Waals surface area contributed by atoms with Crippen molar-refractivity contribution in [2.75, 3.05) is 19.4 Å². The predicted octanol–water partition coefficient (Wildman–Crippen LogP) is 1.62. The van der Waals surface area contributed by atoms with E-state index in [2.05, 4.69) is 15.6 Å². The maximum atomic E-state index is 10.7. The lowest BCUT2D eigenvalue weighted by Gasteiger charge is -2.06. The molecule has 0 aliphatic carbocycles. The standard InChI is InChI=1S/C13H16N4O2S/c1-10(18)15-7-8-19-12-5-3-11(4-6-12)17-13(20-2)16-9-14/h3-6H,7-8H2,1-2H3,(H,15,18)(H,16,17). The molecule has 0 radical (unpaired) electrons. The maximum Gasteiger partial charge on any atom is 0.216 e. The minimum atomic E-state index is -0.0760. The van der Waals surface area contributed by atoms with Gasteiger partial charge in [-0.15, -0.1) is 0 Å². The number of carbonyl (C=O) groups is 1. The third kappa shape index (κ3) is 6.11. The molecule has 7 heteroatoms. The Morgan fingerprint density at radius 1 is 1.45 bits per heavy atom. The molecule has 1 aromatic rings. The Morgan fingerprint density at radius 2 is 2.15 bits per heavy atom. The fourth-order valence-electron chi connectivity index (χ4n) is 1.30. The summed E-state index contributed by atoms with van der Waals surface area (Å²) in [5.41, 5.74) is 0.728. The second-order valence-corrected chi connectivity index (χ2v) is 4.48. The van der Waals surface area contributed by atoms with Crippen LogP contribution in [-0.2, 0) is 4.79 Å². The number of amides is 1. The molecule has 0 saturated carbocycles. The molecule has 0 saturated heterocycles. The van der Waals surface area contributed by atoms with Crippen LogP contribution in [0, 0.1) is 11.5 Å². The number of thioether (sulfide) groups is 1. The van der Waals surface area contributed by atoms with E-state index in [4.69, 9.17) is 10.00 Å². The lowest BCUT2D eigenvalue weighted by atomic mass is 10.3. The average Bonchev–Trinajstić information content (AvgIpc) is 2.44. The molecule has 0 aliphatic heterocycles. The van der Waals surface area contributed by atoms with Crippen molar-refractivity contribution in [2.45, 2.75) is 6.92 Å². The summed E-state index contributed by atoms with van der Waals surface area (Å²) in [6, 6.07) is 7.17. The van der Waals surface area contributed by atoms with E-state index in [9.17, 15) is 4.79 Å². The van der Waals surface area contributed by atoms with E-state index < -0.39 is 0 Å². The summed E-state index contributed by atoms with van der Waals surface area (Å²) < 4.78 is 5.45. The van der Waals surface area contributed by atoms with Crippen LogP contribution >= 0.6 is 11.8 Å². The number of rotatable bonds is 5. The summed E-state index contributed by atoms with van der Waals surface area (Å²) in [4.78, 5) is 14.9. The first-order valence-electron chi connectivity index (χ1n) is 5.91. The van der Waals surface area contributed by atoms with Crippen molar-refractivity contribution in [1.29, 1.82) is 5.26 Å². The van der Waals surface area contributed by atoms with Crippen molar-refractivity contribution < 1.29 is 9.53 Å². The van der Waals surface area contributed by atoms with Gasteiger partial charge in [0.15, 0.2) is 11.4 Å². The second kappa shape index (κ2) is 8.82. The van der Waals surface area contributed by atoms with Crippen LogP contribution in [0.1, 0.15) is 6.92 Å². The highest BCUT2D eigenvalue weighted by Crippen LogP contribution is 2.19. The molecule has 0 atom stereocenters. The van der Waals surface area contributed by atoms with Crippen LogP contribution in [0.25, 0.3) is 0 Å². The normalized spacial score (nSPS) is 10.6. The van der Waals surface area contributed by atoms with Crippen LogP contribution in [0.15, 0.2) is 29.3 Å². The Morgan fingerprint density at radius 3 is 2.70 bits per heavy atom. The topological polar surface area (TPSA) is 86.5 Å². The Hall–Kier alpha value is -2.20. The summed E-state index contributed by atoms with van der Waals surface area (Å²) in [6.45, 7) is 2.34. The van der Waals surface area contributed by atoms with Crippen molar-refractivity contribution in [3.8, 4) is 11.9 Å². The van der Waals surface area contributed by atoms with Crippen LogP contribution in [0.5, 0.6) is 5.75 Å². The van der Waals surface area contributed by atoms with E-state index in [1.54, 1.807) is 24.3 Å². The van der Waals surface area contributed by atoms with Crippen LogP contribution in [0.3, 0.4) is 0 Å². The molecule has 0 heterocycles. The summed E-state index contributed by atoms with van der Waals surface area (Å²) in [6.07, 6.45) is 3.67. The SMILES string of the molecule is CSC(=Nc1ccc(OCCNC(C)=O)cc1)NC#N. The Kier molecular flexibility index (Phi) is 7.00. The van der Waals surface area contributed by atoms with Gasteiger partial charge in [0.05, 0.1) is 12.2 Å². The number of nitrogens with zero attached hydrogens (tertiary/aromatic N) is 2. The molecule has 2 N–H and O–H groups in total. The third-order valence-corrected chi connectivity index (χ3v) is 2.75. The van der Waals surface area contributed by atoms with E-state index in [0.717, 1.165) is 5.69 Å². The number of nitrogens with one attached hydrogen (secondary N) is 2. The molecule has 6 nitrogen and oxygen atoms in total. The van der Waals surface area contributed by atoms with Gasteiger partial charge >= 0.3 is 0 Å². The van der Waals surface area contributed by atoms with E-state index in [-0.39, 0.29) is 5.91 Å². The smallest absolute Gasteiger partial charge is 0.216 e. The molecule has 20 heavy (non-hydrogen) atoms. The van der Waals surface area contributed by atoms with Gasteiger partial charge in [-0.3, -0.25) is 10.1 Å². The fourth-order valence-corrected chi connectivity index (χ4v) is 1.65. The van der Waals surface area contributed by atoms with Gasteiger partial charge in [-0.1, -0.05) is 11.8 Å². The number of amidine groups is 1. The Balaban J connectivity index is 2.52. The molecule has 0 bridgehead atoms. The van der Waals surface area contributed by atoms with Crippen molar-refractivity contribution in [2.24, 2.45) is 4.99 Å². The van der Waals surface area contributed by atoms with E-state index >= 15 is 0 Å². The maximum absolute atomic E-state index is 10.7. The number of carbonyl (C=O) groups excluding carboxylic acids is 1.